The number of rotatable bonds is 9. The predicted molar refractivity (Wildman–Crippen MR) is 127 cm³/mol. The Kier molecular flexibility index (Phi) is 7.45. The largest absolute Gasteiger partial charge is 0.490 e. The lowest BCUT2D eigenvalue weighted by Crippen LogP contribution is -2.36. The van der Waals surface area contributed by atoms with Gasteiger partial charge in [-0.25, -0.2) is 8.78 Å². The fraction of sp³-hybridized carbons (Fsp3) is 0.231. The van der Waals surface area contributed by atoms with Gasteiger partial charge in [-0.2, -0.15) is 0 Å². The van der Waals surface area contributed by atoms with Crippen LogP contribution in [0.1, 0.15) is 18.9 Å². The molecule has 2 amide bonds. The van der Waals surface area contributed by atoms with E-state index in [1.54, 1.807) is 30.3 Å². The first-order chi connectivity index (χ1) is 16.9. The van der Waals surface area contributed by atoms with Gasteiger partial charge < -0.3 is 14.4 Å². The monoisotopic (exact) mass is 481 g/mol. The molecule has 0 unspecified atom stereocenters. The van der Waals surface area contributed by atoms with Gasteiger partial charge in [-0.1, -0.05) is 12.1 Å². The second-order valence-electron chi connectivity index (χ2n) is 8.01. The number of carbonyl (C=O) groups is 2. The molecule has 0 spiro atoms. The minimum Gasteiger partial charge on any atom is -0.490 e. The van der Waals surface area contributed by atoms with E-state index in [4.69, 9.17) is 9.47 Å². The molecule has 1 saturated heterocycles. The fourth-order valence-electron chi connectivity index (χ4n) is 3.70. The Morgan fingerprint density at radius 2 is 1.66 bits per heavy atom. The van der Waals surface area contributed by atoms with Crippen LogP contribution in [0.5, 0.6) is 11.5 Å². The summed E-state index contributed by atoms with van der Waals surface area (Å²) in [6, 6.07) is 16.7. The minimum atomic E-state index is -0.551. The lowest BCUT2D eigenvalue weighted by atomic mass is 10.1. The first-order valence-corrected chi connectivity index (χ1v) is 11.2. The van der Waals surface area contributed by atoms with Gasteiger partial charge in [-0.05, 0) is 61.0 Å². The van der Waals surface area contributed by atoms with Crippen LogP contribution in [0.3, 0.4) is 0 Å². The molecule has 0 bridgehead atoms. The molecule has 1 aliphatic heterocycles. The number of halogens is 2. The van der Waals surface area contributed by atoms with Crippen molar-refractivity contribution in [3.63, 3.8) is 0 Å². The lowest BCUT2D eigenvalue weighted by Gasteiger charge is -2.17. The quantitative estimate of drug-likeness (QED) is 0.442. The first kappa shape index (κ1) is 24.0. The van der Waals surface area contributed by atoms with Crippen molar-refractivity contribution in [2.24, 2.45) is 5.92 Å². The summed E-state index contributed by atoms with van der Waals surface area (Å²) in [5.41, 5.74) is 7.41. The van der Waals surface area contributed by atoms with Crippen LogP contribution in [0.25, 0.3) is 0 Å². The number of anilines is 2. The first-order valence-electron chi connectivity index (χ1n) is 11.2. The molecular formula is C26H25F2N3O4. The Hall–Kier alpha value is -4.14. The minimum absolute atomic E-state index is 0.0608. The molecule has 0 aliphatic carbocycles. The van der Waals surface area contributed by atoms with Crippen molar-refractivity contribution >= 4 is 23.2 Å². The van der Waals surface area contributed by atoms with Crippen LogP contribution in [0, 0.1) is 17.6 Å². The highest BCUT2D eigenvalue weighted by Crippen LogP contribution is 2.31. The van der Waals surface area contributed by atoms with E-state index in [9.17, 15) is 18.4 Å². The number of hydrazine groups is 1. The number of amides is 2. The van der Waals surface area contributed by atoms with Crippen LogP contribution in [-0.4, -0.2) is 25.0 Å². The average molecular weight is 481 g/mol. The van der Waals surface area contributed by atoms with Crippen LogP contribution in [0.4, 0.5) is 20.2 Å². The molecule has 9 heteroatoms. The fourth-order valence-corrected chi connectivity index (χ4v) is 3.70. The Bertz CT molecular complexity index is 1190. The maximum Gasteiger partial charge on any atom is 0.243 e. The summed E-state index contributed by atoms with van der Waals surface area (Å²) in [5, 5.41) is 0. The molecule has 35 heavy (non-hydrogen) atoms. The highest BCUT2D eigenvalue weighted by Gasteiger charge is 2.35. The maximum absolute atomic E-state index is 13.2. The number of hydrogen-bond acceptors (Lipinski definition) is 5. The van der Waals surface area contributed by atoms with Crippen LogP contribution in [0.2, 0.25) is 0 Å². The summed E-state index contributed by atoms with van der Waals surface area (Å²) in [4.78, 5) is 26.5. The number of hydrogen-bond donors (Lipinski definition) is 2. The summed E-state index contributed by atoms with van der Waals surface area (Å²) < 4.78 is 37.7. The molecule has 1 heterocycles. The van der Waals surface area contributed by atoms with Crippen molar-refractivity contribution in [3.05, 3.63) is 83.9 Å². The van der Waals surface area contributed by atoms with Crippen molar-refractivity contribution in [1.29, 1.82) is 0 Å². The lowest BCUT2D eigenvalue weighted by molar-refractivity contribution is -0.125. The van der Waals surface area contributed by atoms with Gasteiger partial charge in [0, 0.05) is 24.7 Å². The van der Waals surface area contributed by atoms with Gasteiger partial charge in [0.15, 0.2) is 11.5 Å². The Morgan fingerprint density at radius 1 is 0.971 bits per heavy atom. The topological polar surface area (TPSA) is 79.9 Å². The van der Waals surface area contributed by atoms with Crippen molar-refractivity contribution < 1.29 is 27.8 Å². The zero-order valence-electron chi connectivity index (χ0n) is 19.1. The number of nitrogens with zero attached hydrogens (tertiary/aromatic N) is 1. The van der Waals surface area contributed by atoms with E-state index < -0.39 is 11.7 Å². The van der Waals surface area contributed by atoms with E-state index in [1.807, 2.05) is 6.92 Å². The standard InChI is InChI=1S/C26H25F2N3O4/c1-2-34-24-14-21(9-12-23(24)35-16-17-3-5-19(27)6-4-17)29-30-26(33)18-13-25(32)31(15-18)22-10-7-20(28)8-11-22/h3-12,14,18,29H,2,13,15-16H2,1H3,(H,30,33)/t18-/m0/s1. The second kappa shape index (κ2) is 10.9. The zero-order chi connectivity index (χ0) is 24.8. The van der Waals surface area contributed by atoms with Crippen LogP contribution < -0.4 is 25.2 Å². The summed E-state index contributed by atoms with van der Waals surface area (Å²) in [6.07, 6.45) is 0.0608. The summed E-state index contributed by atoms with van der Waals surface area (Å²) in [6.45, 7) is 2.70. The molecule has 1 aliphatic rings. The van der Waals surface area contributed by atoms with Crippen LogP contribution in [0.15, 0.2) is 66.7 Å². The summed E-state index contributed by atoms with van der Waals surface area (Å²) in [5.74, 6) is -0.805. The highest BCUT2D eigenvalue weighted by atomic mass is 19.1. The highest BCUT2D eigenvalue weighted by molar-refractivity contribution is 6.00. The normalized spacial score (nSPS) is 15.1. The van der Waals surface area contributed by atoms with Crippen LogP contribution in [-0.2, 0) is 16.2 Å². The molecule has 0 saturated carbocycles. The van der Waals surface area contributed by atoms with E-state index >= 15 is 0 Å². The smallest absolute Gasteiger partial charge is 0.243 e. The zero-order valence-corrected chi connectivity index (χ0v) is 19.1. The van der Waals surface area contributed by atoms with Gasteiger partial charge >= 0.3 is 0 Å². The van der Waals surface area contributed by atoms with Gasteiger partial charge in [0.25, 0.3) is 0 Å². The van der Waals surface area contributed by atoms with Gasteiger partial charge in [0.1, 0.15) is 18.2 Å². The summed E-state index contributed by atoms with van der Waals surface area (Å²) in [7, 11) is 0. The Balaban J connectivity index is 1.35. The molecule has 0 radical (unpaired) electrons. The molecule has 0 aromatic heterocycles. The molecule has 2 N–H and O–H groups in total. The Morgan fingerprint density at radius 3 is 2.34 bits per heavy atom. The summed E-state index contributed by atoms with van der Waals surface area (Å²) >= 11 is 0. The number of ether oxygens (including phenoxy) is 2. The second-order valence-corrected chi connectivity index (χ2v) is 8.01. The van der Waals surface area contributed by atoms with Crippen molar-refractivity contribution in [3.8, 4) is 11.5 Å². The van der Waals surface area contributed by atoms with E-state index in [0.717, 1.165) is 5.56 Å². The third kappa shape index (κ3) is 6.06. The number of benzene rings is 3. The average Bonchev–Trinajstić information content (AvgIpc) is 3.25. The van der Waals surface area contributed by atoms with Crippen molar-refractivity contribution in [1.82, 2.24) is 5.43 Å². The van der Waals surface area contributed by atoms with Gasteiger partial charge in [0.05, 0.1) is 18.2 Å². The molecule has 1 fully saturated rings. The SMILES string of the molecule is CCOc1cc(NNC(=O)[C@H]2CC(=O)N(c3ccc(F)cc3)C2)ccc1OCc1ccc(F)cc1. The van der Waals surface area contributed by atoms with E-state index in [2.05, 4.69) is 10.9 Å². The number of nitrogens with one attached hydrogen (secondary N) is 2. The third-order valence-electron chi connectivity index (χ3n) is 5.52. The Labute approximate surface area is 201 Å². The molecule has 7 nitrogen and oxygen atoms in total. The van der Waals surface area contributed by atoms with Crippen LogP contribution >= 0.6 is 0 Å². The molecule has 182 valence electrons. The van der Waals surface area contributed by atoms with Gasteiger partial charge in [0.2, 0.25) is 11.8 Å². The predicted octanol–water partition coefficient (Wildman–Crippen LogP) is 4.44. The van der Waals surface area contributed by atoms with E-state index in [-0.39, 0.29) is 37.2 Å². The molecule has 3 aromatic carbocycles. The van der Waals surface area contributed by atoms with Crippen molar-refractivity contribution in [2.75, 3.05) is 23.5 Å². The van der Waals surface area contributed by atoms with Gasteiger partial charge in [-0.15, -0.1) is 0 Å². The maximum atomic E-state index is 13.2. The molecule has 4 rings (SSSR count). The van der Waals surface area contributed by atoms with E-state index in [1.165, 1.54) is 41.3 Å². The third-order valence-corrected chi connectivity index (χ3v) is 5.52. The van der Waals surface area contributed by atoms with E-state index in [0.29, 0.717) is 29.5 Å². The molecular weight excluding hydrogens is 456 g/mol. The van der Waals surface area contributed by atoms with Crippen molar-refractivity contribution in [2.45, 2.75) is 20.0 Å². The molecule has 1 atom stereocenters. The molecule has 3 aromatic rings. The van der Waals surface area contributed by atoms with Gasteiger partial charge in [-0.3, -0.25) is 20.4 Å². The number of carbonyl (C=O) groups excluding carboxylic acids is 2.